The summed E-state index contributed by atoms with van der Waals surface area (Å²) in [5.74, 6) is 6.20. The van der Waals surface area contributed by atoms with Crippen molar-refractivity contribution in [3.8, 4) is 17.6 Å². The summed E-state index contributed by atoms with van der Waals surface area (Å²) in [6, 6.07) is 13.3. The van der Waals surface area contributed by atoms with Crippen LogP contribution >= 0.6 is 0 Å². The fourth-order valence-corrected chi connectivity index (χ4v) is 1.64. The van der Waals surface area contributed by atoms with Crippen LogP contribution in [-0.2, 0) is 6.61 Å². The minimum absolute atomic E-state index is 0.141. The molecule has 19 heavy (non-hydrogen) atoms. The maximum absolute atomic E-state index is 8.66. The topological polar surface area (TPSA) is 42.4 Å². The average molecular weight is 253 g/mol. The number of hydrogen-bond donors (Lipinski definition) is 1. The van der Waals surface area contributed by atoms with Crippen LogP contribution < -0.4 is 4.74 Å². The standard InChI is InChI=1S/C16H15NO2/c1-13-5-2-8-15(17-13)12-19-16-9-3-6-14(11-16)7-4-10-18/h2-3,5-6,8-9,11,18H,10,12H2,1H3. The van der Waals surface area contributed by atoms with E-state index in [9.17, 15) is 0 Å². The predicted octanol–water partition coefficient (Wildman–Crippen LogP) is 2.31. The lowest BCUT2D eigenvalue weighted by molar-refractivity contribution is 0.301. The second-order valence-electron chi connectivity index (χ2n) is 4.05. The number of aryl methyl sites for hydroxylation is 1. The van der Waals surface area contributed by atoms with Gasteiger partial charge in [-0.15, -0.1) is 0 Å². The second-order valence-corrected chi connectivity index (χ2v) is 4.05. The van der Waals surface area contributed by atoms with Crippen molar-refractivity contribution in [1.82, 2.24) is 4.98 Å². The Morgan fingerprint density at radius 2 is 2.05 bits per heavy atom. The van der Waals surface area contributed by atoms with E-state index in [-0.39, 0.29) is 6.61 Å². The fraction of sp³-hybridized carbons (Fsp3) is 0.188. The monoisotopic (exact) mass is 253 g/mol. The molecular weight excluding hydrogens is 238 g/mol. The number of aliphatic hydroxyl groups is 1. The normalized spacial score (nSPS) is 9.58. The highest BCUT2D eigenvalue weighted by molar-refractivity contribution is 5.39. The van der Waals surface area contributed by atoms with Crippen LogP contribution in [0.3, 0.4) is 0 Å². The summed E-state index contributed by atoms with van der Waals surface area (Å²) in [5, 5.41) is 8.66. The summed E-state index contributed by atoms with van der Waals surface area (Å²) in [5.41, 5.74) is 2.69. The summed E-state index contributed by atoms with van der Waals surface area (Å²) in [6.07, 6.45) is 0. The summed E-state index contributed by atoms with van der Waals surface area (Å²) in [4.78, 5) is 4.37. The maximum atomic E-state index is 8.66. The first-order chi connectivity index (χ1) is 9.28. The summed E-state index contributed by atoms with van der Waals surface area (Å²) >= 11 is 0. The van der Waals surface area contributed by atoms with Gasteiger partial charge in [0.15, 0.2) is 0 Å². The van der Waals surface area contributed by atoms with Gasteiger partial charge in [-0.2, -0.15) is 0 Å². The minimum atomic E-state index is -0.141. The number of rotatable bonds is 3. The number of hydrogen-bond acceptors (Lipinski definition) is 3. The van der Waals surface area contributed by atoms with Crippen molar-refractivity contribution in [2.24, 2.45) is 0 Å². The zero-order valence-electron chi connectivity index (χ0n) is 10.8. The highest BCUT2D eigenvalue weighted by Gasteiger charge is 1.98. The van der Waals surface area contributed by atoms with E-state index in [1.807, 2.05) is 49.4 Å². The lowest BCUT2D eigenvalue weighted by atomic mass is 10.2. The van der Waals surface area contributed by atoms with E-state index >= 15 is 0 Å². The van der Waals surface area contributed by atoms with Crippen LogP contribution in [0.15, 0.2) is 42.5 Å². The van der Waals surface area contributed by atoms with Crippen molar-refractivity contribution in [2.75, 3.05) is 6.61 Å². The molecule has 2 aromatic rings. The molecule has 1 aromatic heterocycles. The van der Waals surface area contributed by atoms with Crippen LogP contribution in [0.2, 0.25) is 0 Å². The maximum Gasteiger partial charge on any atom is 0.130 e. The largest absolute Gasteiger partial charge is 0.487 e. The number of nitrogens with zero attached hydrogens (tertiary/aromatic N) is 1. The van der Waals surface area contributed by atoms with E-state index in [0.29, 0.717) is 6.61 Å². The van der Waals surface area contributed by atoms with E-state index in [1.54, 1.807) is 0 Å². The van der Waals surface area contributed by atoms with Gasteiger partial charge in [-0.05, 0) is 37.3 Å². The van der Waals surface area contributed by atoms with Gasteiger partial charge in [0.25, 0.3) is 0 Å². The number of pyridine rings is 1. The number of ether oxygens (including phenoxy) is 1. The minimum Gasteiger partial charge on any atom is -0.487 e. The van der Waals surface area contributed by atoms with Gasteiger partial charge < -0.3 is 9.84 Å². The van der Waals surface area contributed by atoms with Crippen LogP contribution in [0.5, 0.6) is 5.75 Å². The summed E-state index contributed by atoms with van der Waals surface area (Å²) in [6.45, 7) is 2.24. The molecule has 1 N–H and O–H groups in total. The first-order valence-electron chi connectivity index (χ1n) is 6.03. The highest BCUT2D eigenvalue weighted by Crippen LogP contribution is 2.14. The van der Waals surface area contributed by atoms with Crippen molar-refractivity contribution in [3.05, 3.63) is 59.4 Å². The molecule has 0 unspecified atom stereocenters. The molecule has 3 heteroatoms. The molecule has 0 aliphatic rings. The van der Waals surface area contributed by atoms with Gasteiger partial charge in [-0.1, -0.05) is 24.0 Å². The Bertz CT molecular complexity index is 611. The summed E-state index contributed by atoms with van der Waals surface area (Å²) in [7, 11) is 0. The molecule has 0 fully saturated rings. The van der Waals surface area contributed by atoms with Gasteiger partial charge in [0.1, 0.15) is 19.0 Å². The Labute approximate surface area is 112 Å². The smallest absolute Gasteiger partial charge is 0.130 e. The molecule has 0 aliphatic carbocycles. The number of aliphatic hydroxyl groups excluding tert-OH is 1. The zero-order valence-corrected chi connectivity index (χ0v) is 10.8. The molecule has 1 heterocycles. The molecule has 96 valence electrons. The fourth-order valence-electron chi connectivity index (χ4n) is 1.64. The van der Waals surface area contributed by atoms with Crippen LogP contribution in [0.25, 0.3) is 0 Å². The van der Waals surface area contributed by atoms with E-state index in [0.717, 1.165) is 22.7 Å². The van der Waals surface area contributed by atoms with E-state index in [2.05, 4.69) is 16.8 Å². The summed E-state index contributed by atoms with van der Waals surface area (Å²) < 4.78 is 5.67. The Morgan fingerprint density at radius 1 is 1.21 bits per heavy atom. The van der Waals surface area contributed by atoms with Crippen LogP contribution in [0.4, 0.5) is 0 Å². The molecule has 0 aliphatic heterocycles. The second kappa shape index (κ2) is 6.58. The average Bonchev–Trinajstić information content (AvgIpc) is 2.43. The van der Waals surface area contributed by atoms with Gasteiger partial charge >= 0.3 is 0 Å². The molecule has 0 saturated heterocycles. The lowest BCUT2D eigenvalue weighted by Gasteiger charge is -2.06. The van der Waals surface area contributed by atoms with E-state index in [4.69, 9.17) is 9.84 Å². The third kappa shape index (κ3) is 4.13. The molecular formula is C16H15NO2. The van der Waals surface area contributed by atoms with Crippen molar-refractivity contribution < 1.29 is 9.84 Å². The van der Waals surface area contributed by atoms with Crippen molar-refractivity contribution in [2.45, 2.75) is 13.5 Å². The van der Waals surface area contributed by atoms with Crippen LogP contribution in [-0.4, -0.2) is 16.7 Å². The molecule has 2 rings (SSSR count). The van der Waals surface area contributed by atoms with Crippen molar-refractivity contribution >= 4 is 0 Å². The molecule has 1 aromatic carbocycles. The van der Waals surface area contributed by atoms with Crippen LogP contribution in [0.1, 0.15) is 17.0 Å². The van der Waals surface area contributed by atoms with Crippen LogP contribution in [0, 0.1) is 18.8 Å². The van der Waals surface area contributed by atoms with Gasteiger partial charge in [-0.25, -0.2) is 0 Å². The highest BCUT2D eigenvalue weighted by atomic mass is 16.5. The molecule has 3 nitrogen and oxygen atoms in total. The molecule has 0 radical (unpaired) electrons. The zero-order chi connectivity index (χ0) is 13.5. The molecule has 0 saturated carbocycles. The van der Waals surface area contributed by atoms with E-state index < -0.39 is 0 Å². The first kappa shape index (κ1) is 13.1. The van der Waals surface area contributed by atoms with Gasteiger partial charge in [0, 0.05) is 11.3 Å². The Kier molecular flexibility index (Phi) is 4.54. The Morgan fingerprint density at radius 3 is 2.84 bits per heavy atom. The molecule has 0 amide bonds. The predicted molar refractivity (Wildman–Crippen MR) is 73.7 cm³/mol. The molecule has 0 bridgehead atoms. The van der Waals surface area contributed by atoms with Gasteiger partial charge in [0.2, 0.25) is 0 Å². The molecule has 0 spiro atoms. The van der Waals surface area contributed by atoms with Gasteiger partial charge in [-0.3, -0.25) is 4.98 Å². The SMILES string of the molecule is Cc1cccc(COc2cccc(C#CCO)c2)n1. The third-order valence-electron chi connectivity index (χ3n) is 2.48. The Balaban J connectivity index is 2.03. The number of benzene rings is 1. The quantitative estimate of drug-likeness (QED) is 0.854. The third-order valence-corrected chi connectivity index (χ3v) is 2.48. The van der Waals surface area contributed by atoms with E-state index in [1.165, 1.54) is 0 Å². The van der Waals surface area contributed by atoms with Crippen molar-refractivity contribution in [3.63, 3.8) is 0 Å². The molecule has 0 atom stereocenters. The number of aromatic nitrogens is 1. The first-order valence-corrected chi connectivity index (χ1v) is 6.03. The van der Waals surface area contributed by atoms with Crippen molar-refractivity contribution in [1.29, 1.82) is 0 Å². The Hall–Kier alpha value is -2.31. The lowest BCUT2D eigenvalue weighted by Crippen LogP contribution is -1.99. The van der Waals surface area contributed by atoms with Gasteiger partial charge in [0.05, 0.1) is 5.69 Å².